The van der Waals surface area contributed by atoms with Gasteiger partial charge in [0.25, 0.3) is 0 Å². The number of carbonyl (C=O) groups is 2. The number of hydrogen-bond donors (Lipinski definition) is 1. The van der Waals surface area contributed by atoms with Crippen molar-refractivity contribution in [3.8, 4) is 5.75 Å². The van der Waals surface area contributed by atoms with Crippen molar-refractivity contribution in [3.05, 3.63) is 59.7 Å². The molecule has 6 nitrogen and oxygen atoms in total. The van der Waals surface area contributed by atoms with Crippen LogP contribution in [0.2, 0.25) is 0 Å². The lowest BCUT2D eigenvalue weighted by atomic mass is 10.0. The third-order valence-electron chi connectivity index (χ3n) is 5.85. The predicted octanol–water partition coefficient (Wildman–Crippen LogP) is 4.26. The molecular weight excluding hydrogens is 378 g/mol. The average Bonchev–Trinajstić information content (AvgIpc) is 3.42. The molecule has 3 amide bonds. The topological polar surface area (TPSA) is 61.9 Å². The zero-order chi connectivity index (χ0) is 20.9. The van der Waals surface area contributed by atoms with Gasteiger partial charge in [-0.15, -0.1) is 0 Å². The molecule has 30 heavy (non-hydrogen) atoms. The van der Waals surface area contributed by atoms with Gasteiger partial charge in [-0.2, -0.15) is 0 Å². The Morgan fingerprint density at radius 3 is 2.50 bits per heavy atom. The molecule has 0 aliphatic carbocycles. The summed E-state index contributed by atoms with van der Waals surface area (Å²) in [5.41, 5.74) is 3.10. The largest absolute Gasteiger partial charge is 0.494 e. The Morgan fingerprint density at radius 1 is 1.07 bits per heavy atom. The highest BCUT2D eigenvalue weighted by atomic mass is 16.5. The lowest BCUT2D eigenvalue weighted by Gasteiger charge is -2.25. The van der Waals surface area contributed by atoms with E-state index in [1.54, 1.807) is 0 Å². The minimum absolute atomic E-state index is 0.0369. The Kier molecular flexibility index (Phi) is 6.21. The highest BCUT2D eigenvalue weighted by Crippen LogP contribution is 2.32. The summed E-state index contributed by atoms with van der Waals surface area (Å²) in [6, 6.07) is 16.0. The van der Waals surface area contributed by atoms with Crippen LogP contribution in [0.25, 0.3) is 0 Å². The van der Waals surface area contributed by atoms with Gasteiger partial charge >= 0.3 is 6.03 Å². The van der Waals surface area contributed by atoms with Crippen molar-refractivity contribution in [2.45, 2.75) is 45.2 Å². The van der Waals surface area contributed by atoms with E-state index in [4.69, 9.17) is 4.74 Å². The molecule has 1 unspecified atom stereocenters. The number of urea groups is 1. The molecule has 2 aliphatic rings. The van der Waals surface area contributed by atoms with Gasteiger partial charge in [0.05, 0.1) is 12.6 Å². The normalized spacial score (nSPS) is 18.7. The first-order valence-corrected chi connectivity index (χ1v) is 10.8. The van der Waals surface area contributed by atoms with Crippen molar-refractivity contribution < 1.29 is 14.3 Å². The fraction of sp³-hybridized carbons (Fsp3) is 0.417. The quantitative estimate of drug-likeness (QED) is 0.778. The maximum Gasteiger partial charge on any atom is 0.318 e. The molecule has 1 N–H and O–H groups in total. The number of rotatable bonds is 6. The number of hydrogen-bond acceptors (Lipinski definition) is 3. The molecule has 1 atom stereocenters. The lowest BCUT2D eigenvalue weighted by Crippen LogP contribution is -2.39. The van der Waals surface area contributed by atoms with E-state index in [2.05, 4.69) is 17.4 Å². The van der Waals surface area contributed by atoms with Crippen LogP contribution in [0.4, 0.5) is 10.5 Å². The van der Waals surface area contributed by atoms with Crippen LogP contribution in [-0.2, 0) is 11.3 Å². The number of likely N-dealkylation sites (tertiary alicyclic amines) is 1. The van der Waals surface area contributed by atoms with E-state index in [0.717, 1.165) is 54.9 Å². The van der Waals surface area contributed by atoms with E-state index in [0.29, 0.717) is 19.6 Å². The zero-order valence-corrected chi connectivity index (χ0v) is 17.5. The lowest BCUT2D eigenvalue weighted by molar-refractivity contribution is -0.117. The first-order chi connectivity index (χ1) is 14.7. The number of nitrogens with zero attached hydrogens (tertiary/aromatic N) is 2. The van der Waals surface area contributed by atoms with Gasteiger partial charge in [-0.05, 0) is 61.6 Å². The van der Waals surface area contributed by atoms with Crippen LogP contribution in [0.1, 0.15) is 49.8 Å². The highest BCUT2D eigenvalue weighted by molar-refractivity contribution is 5.95. The first kappa shape index (κ1) is 20.3. The molecule has 4 rings (SSSR count). The summed E-state index contributed by atoms with van der Waals surface area (Å²) in [4.78, 5) is 28.5. The van der Waals surface area contributed by atoms with Gasteiger partial charge in [-0.25, -0.2) is 4.79 Å². The molecule has 158 valence electrons. The number of amides is 3. The molecule has 0 radical (unpaired) electrons. The number of benzene rings is 2. The van der Waals surface area contributed by atoms with Crippen LogP contribution in [0.3, 0.4) is 0 Å². The smallest absolute Gasteiger partial charge is 0.318 e. The van der Waals surface area contributed by atoms with Crippen LogP contribution in [0.5, 0.6) is 5.75 Å². The summed E-state index contributed by atoms with van der Waals surface area (Å²) < 4.78 is 5.52. The standard InChI is InChI=1S/C24H29N3O3/c1-2-30-21-13-9-19(10-14-21)22-5-3-16-27(22)24(29)25-17-18-7-11-20(12-8-18)26-15-4-6-23(26)28/h7-14,22H,2-6,15-17H2,1H3,(H,25,29). The third-order valence-corrected chi connectivity index (χ3v) is 5.85. The van der Waals surface area contributed by atoms with Crippen LogP contribution in [0.15, 0.2) is 48.5 Å². The maximum absolute atomic E-state index is 12.8. The monoisotopic (exact) mass is 407 g/mol. The molecule has 0 saturated carbocycles. The van der Waals surface area contributed by atoms with E-state index in [1.807, 2.05) is 53.1 Å². The number of carbonyl (C=O) groups excluding carboxylic acids is 2. The van der Waals surface area contributed by atoms with Crippen molar-refractivity contribution in [1.82, 2.24) is 10.2 Å². The van der Waals surface area contributed by atoms with E-state index < -0.39 is 0 Å². The summed E-state index contributed by atoms with van der Waals surface area (Å²) in [5.74, 6) is 1.04. The Morgan fingerprint density at radius 2 is 1.83 bits per heavy atom. The number of anilines is 1. The predicted molar refractivity (Wildman–Crippen MR) is 117 cm³/mol. The van der Waals surface area contributed by atoms with Gasteiger partial charge in [-0.1, -0.05) is 24.3 Å². The molecule has 2 aromatic carbocycles. The second-order valence-electron chi connectivity index (χ2n) is 7.83. The van der Waals surface area contributed by atoms with Gasteiger partial charge in [0.2, 0.25) is 5.91 Å². The molecule has 2 aromatic rings. The van der Waals surface area contributed by atoms with E-state index >= 15 is 0 Å². The van der Waals surface area contributed by atoms with Crippen molar-refractivity contribution in [3.63, 3.8) is 0 Å². The zero-order valence-electron chi connectivity index (χ0n) is 17.5. The number of nitrogens with one attached hydrogen (secondary N) is 1. The van der Waals surface area contributed by atoms with E-state index in [9.17, 15) is 9.59 Å². The summed E-state index contributed by atoms with van der Waals surface area (Å²) >= 11 is 0. The Balaban J connectivity index is 1.34. The van der Waals surface area contributed by atoms with Crippen LogP contribution < -0.4 is 15.0 Å². The van der Waals surface area contributed by atoms with Crippen molar-refractivity contribution in [2.75, 3.05) is 24.6 Å². The Hall–Kier alpha value is -3.02. The van der Waals surface area contributed by atoms with Crippen molar-refractivity contribution in [2.24, 2.45) is 0 Å². The first-order valence-electron chi connectivity index (χ1n) is 10.8. The molecule has 2 fully saturated rings. The number of ether oxygens (including phenoxy) is 1. The maximum atomic E-state index is 12.8. The second kappa shape index (κ2) is 9.20. The van der Waals surface area contributed by atoms with Crippen molar-refractivity contribution >= 4 is 17.6 Å². The van der Waals surface area contributed by atoms with Crippen LogP contribution in [-0.4, -0.2) is 36.5 Å². The summed E-state index contributed by atoms with van der Waals surface area (Å²) in [6.45, 7) is 4.64. The van der Waals surface area contributed by atoms with Gasteiger partial charge in [-0.3, -0.25) is 4.79 Å². The third kappa shape index (κ3) is 4.42. The Bertz CT molecular complexity index is 880. The average molecular weight is 408 g/mol. The summed E-state index contributed by atoms with van der Waals surface area (Å²) in [7, 11) is 0. The summed E-state index contributed by atoms with van der Waals surface area (Å²) in [5, 5.41) is 3.05. The SMILES string of the molecule is CCOc1ccc(C2CCCN2C(=O)NCc2ccc(N3CCCC3=O)cc2)cc1. The molecule has 0 bridgehead atoms. The fourth-order valence-corrected chi connectivity index (χ4v) is 4.30. The molecule has 6 heteroatoms. The highest BCUT2D eigenvalue weighted by Gasteiger charge is 2.29. The van der Waals surface area contributed by atoms with E-state index in [-0.39, 0.29) is 18.0 Å². The van der Waals surface area contributed by atoms with Gasteiger partial charge < -0.3 is 19.9 Å². The Labute approximate surface area is 177 Å². The molecule has 2 saturated heterocycles. The van der Waals surface area contributed by atoms with Gasteiger partial charge in [0.1, 0.15) is 5.75 Å². The molecule has 2 aliphatic heterocycles. The minimum atomic E-state index is -0.0369. The summed E-state index contributed by atoms with van der Waals surface area (Å²) in [6.07, 6.45) is 3.52. The molecule has 2 heterocycles. The molecule has 0 spiro atoms. The second-order valence-corrected chi connectivity index (χ2v) is 7.83. The van der Waals surface area contributed by atoms with Gasteiger partial charge in [0, 0.05) is 31.7 Å². The van der Waals surface area contributed by atoms with Crippen LogP contribution >= 0.6 is 0 Å². The van der Waals surface area contributed by atoms with Crippen molar-refractivity contribution in [1.29, 1.82) is 0 Å². The van der Waals surface area contributed by atoms with Gasteiger partial charge in [0.15, 0.2) is 0 Å². The molecule has 0 aromatic heterocycles. The molecular formula is C24H29N3O3. The minimum Gasteiger partial charge on any atom is -0.494 e. The van der Waals surface area contributed by atoms with Crippen LogP contribution in [0, 0.1) is 0 Å². The fourth-order valence-electron chi connectivity index (χ4n) is 4.30. The van der Waals surface area contributed by atoms with E-state index in [1.165, 1.54) is 0 Å².